The lowest BCUT2D eigenvalue weighted by atomic mass is 10.2. The first kappa shape index (κ1) is 18.0. The van der Waals surface area contributed by atoms with Crippen LogP contribution in [-0.4, -0.2) is 24.7 Å². The van der Waals surface area contributed by atoms with Crippen LogP contribution in [0.5, 0.6) is 0 Å². The highest BCUT2D eigenvalue weighted by molar-refractivity contribution is 8.16. The van der Waals surface area contributed by atoms with E-state index in [1.54, 1.807) is 24.3 Å². The van der Waals surface area contributed by atoms with Crippen molar-refractivity contribution in [3.8, 4) is 0 Å². The van der Waals surface area contributed by atoms with E-state index in [1.807, 2.05) is 13.0 Å². The number of nitrogens with zero attached hydrogens (tertiary/aromatic N) is 2. The molecule has 1 aliphatic rings. The molecule has 1 heterocycles. The van der Waals surface area contributed by atoms with Gasteiger partial charge in [-0.05, 0) is 42.8 Å². The molecule has 2 aromatic carbocycles. The van der Waals surface area contributed by atoms with Crippen molar-refractivity contribution in [3.63, 3.8) is 0 Å². The van der Waals surface area contributed by atoms with Crippen molar-refractivity contribution in [3.05, 3.63) is 59.6 Å². The van der Waals surface area contributed by atoms with Crippen molar-refractivity contribution in [1.82, 2.24) is 0 Å². The molecule has 3 rings (SSSR count). The van der Waals surface area contributed by atoms with Crippen molar-refractivity contribution in [1.29, 1.82) is 0 Å². The van der Waals surface area contributed by atoms with E-state index in [-0.39, 0.29) is 21.2 Å². The Balaban J connectivity index is 2.04. The summed E-state index contributed by atoms with van der Waals surface area (Å²) in [4.78, 5) is 14.0. The van der Waals surface area contributed by atoms with Gasteiger partial charge in [0.2, 0.25) is 5.91 Å². The van der Waals surface area contributed by atoms with E-state index in [0.717, 1.165) is 0 Å². The number of thioether (sulfide) groups is 1. The minimum absolute atomic E-state index is 0.0328. The summed E-state index contributed by atoms with van der Waals surface area (Å²) in [6, 6.07) is 14.7. The van der Waals surface area contributed by atoms with Crippen LogP contribution >= 0.6 is 23.4 Å². The van der Waals surface area contributed by atoms with Crippen LogP contribution < -0.4 is 4.90 Å². The molecule has 2 aromatic rings. The first-order valence-electron chi connectivity index (χ1n) is 7.58. The number of hydrogen-bond donors (Lipinski definition) is 0. The molecule has 1 saturated heterocycles. The Hall–Kier alpha value is -1.83. The third-order valence-corrected chi connectivity index (χ3v) is 6.58. The van der Waals surface area contributed by atoms with Gasteiger partial charge < -0.3 is 0 Å². The fraction of sp³-hybridized carbons (Fsp3) is 0.176. The van der Waals surface area contributed by atoms with Crippen molar-refractivity contribution in [2.75, 3.05) is 4.90 Å². The monoisotopic (exact) mass is 394 g/mol. The number of carbonyl (C=O) groups excluding carboxylic acids is 1. The summed E-state index contributed by atoms with van der Waals surface area (Å²) >= 11 is 6.97. The quantitative estimate of drug-likeness (QED) is 0.787. The Kier molecular flexibility index (Phi) is 5.17. The Morgan fingerprint density at radius 2 is 1.76 bits per heavy atom. The number of para-hydroxylation sites is 1. The molecule has 5 nitrogen and oxygen atoms in total. The average molecular weight is 395 g/mol. The van der Waals surface area contributed by atoms with Crippen LogP contribution in [-0.2, 0) is 14.8 Å². The predicted octanol–water partition coefficient (Wildman–Crippen LogP) is 3.94. The number of benzene rings is 2. The number of hydrogen-bond acceptors (Lipinski definition) is 4. The van der Waals surface area contributed by atoms with Crippen LogP contribution in [0.4, 0.5) is 5.69 Å². The minimum Gasteiger partial charge on any atom is -0.273 e. The van der Waals surface area contributed by atoms with E-state index in [9.17, 15) is 13.2 Å². The molecule has 0 bridgehead atoms. The highest BCUT2D eigenvalue weighted by atomic mass is 35.5. The van der Waals surface area contributed by atoms with Crippen LogP contribution in [0.25, 0.3) is 0 Å². The zero-order chi connectivity index (χ0) is 18.0. The lowest BCUT2D eigenvalue weighted by Crippen LogP contribution is -2.32. The van der Waals surface area contributed by atoms with Crippen molar-refractivity contribution in [2.24, 2.45) is 4.40 Å². The molecule has 1 aliphatic heterocycles. The second-order valence-corrected chi connectivity index (χ2v) is 8.54. The van der Waals surface area contributed by atoms with E-state index < -0.39 is 10.0 Å². The largest absolute Gasteiger partial charge is 0.284 e. The molecule has 130 valence electrons. The Bertz CT molecular complexity index is 913. The molecule has 1 atom stereocenters. The second-order valence-electron chi connectivity index (χ2n) is 5.33. The maximum Gasteiger partial charge on any atom is 0.284 e. The number of carbonyl (C=O) groups is 1. The summed E-state index contributed by atoms with van der Waals surface area (Å²) in [5, 5.41) is 0.256. The zero-order valence-electron chi connectivity index (χ0n) is 13.3. The van der Waals surface area contributed by atoms with Crippen molar-refractivity contribution < 1.29 is 13.2 Å². The molecule has 0 aliphatic carbocycles. The summed E-state index contributed by atoms with van der Waals surface area (Å²) < 4.78 is 29.1. The average Bonchev–Trinajstić information content (AvgIpc) is 2.90. The van der Waals surface area contributed by atoms with Crippen LogP contribution in [0, 0.1) is 0 Å². The van der Waals surface area contributed by atoms with Gasteiger partial charge in [0.05, 0.1) is 15.8 Å². The molecule has 0 aromatic heterocycles. The van der Waals surface area contributed by atoms with Crippen LogP contribution in [0.15, 0.2) is 63.9 Å². The van der Waals surface area contributed by atoms with Gasteiger partial charge in [0, 0.05) is 5.02 Å². The smallest absolute Gasteiger partial charge is 0.273 e. The fourth-order valence-electron chi connectivity index (χ4n) is 2.37. The number of sulfonamides is 1. The Labute approximate surface area is 155 Å². The van der Waals surface area contributed by atoms with E-state index in [1.165, 1.54) is 40.9 Å². The summed E-state index contributed by atoms with van der Waals surface area (Å²) in [7, 11) is -3.94. The Morgan fingerprint density at radius 1 is 1.12 bits per heavy atom. The molecule has 0 radical (unpaired) electrons. The van der Waals surface area contributed by atoms with Gasteiger partial charge in [-0.2, -0.15) is 8.42 Å². The van der Waals surface area contributed by atoms with Gasteiger partial charge in [0.25, 0.3) is 10.0 Å². The summed E-state index contributed by atoms with van der Waals surface area (Å²) in [6.45, 7) is 1.88. The van der Waals surface area contributed by atoms with Gasteiger partial charge in [0.15, 0.2) is 5.17 Å². The predicted molar refractivity (Wildman–Crippen MR) is 102 cm³/mol. The van der Waals surface area contributed by atoms with Gasteiger partial charge in [-0.3, -0.25) is 9.69 Å². The number of halogens is 1. The SMILES string of the molecule is CCC1S/C(=N/S(=O)(=O)c2ccc(Cl)cc2)N(c2ccccc2)C1=O. The van der Waals surface area contributed by atoms with Gasteiger partial charge >= 0.3 is 0 Å². The van der Waals surface area contributed by atoms with E-state index in [0.29, 0.717) is 17.1 Å². The highest BCUT2D eigenvalue weighted by Gasteiger charge is 2.39. The van der Waals surface area contributed by atoms with E-state index in [2.05, 4.69) is 4.40 Å². The highest BCUT2D eigenvalue weighted by Crippen LogP contribution is 2.34. The van der Waals surface area contributed by atoms with Gasteiger partial charge in [-0.25, -0.2) is 0 Å². The molecule has 1 unspecified atom stereocenters. The standard InChI is InChI=1S/C17H15ClN2O3S2/c1-2-15-16(21)20(13-6-4-3-5-7-13)17(24-15)19-25(22,23)14-10-8-12(18)9-11-14/h3-11,15H,2H2,1H3/b19-17+. The second kappa shape index (κ2) is 7.19. The molecule has 0 saturated carbocycles. The lowest BCUT2D eigenvalue weighted by Gasteiger charge is -2.16. The zero-order valence-corrected chi connectivity index (χ0v) is 15.7. The van der Waals surface area contributed by atoms with E-state index in [4.69, 9.17) is 11.6 Å². The van der Waals surface area contributed by atoms with Crippen molar-refractivity contribution >= 4 is 50.1 Å². The Morgan fingerprint density at radius 3 is 2.36 bits per heavy atom. The topological polar surface area (TPSA) is 66.8 Å². The number of amides is 1. The first-order chi connectivity index (χ1) is 11.9. The van der Waals surface area contributed by atoms with Crippen LogP contribution in [0.2, 0.25) is 5.02 Å². The van der Waals surface area contributed by atoms with Crippen molar-refractivity contribution in [2.45, 2.75) is 23.5 Å². The van der Waals surface area contributed by atoms with Crippen LogP contribution in [0.3, 0.4) is 0 Å². The minimum atomic E-state index is -3.94. The summed E-state index contributed by atoms with van der Waals surface area (Å²) in [5.41, 5.74) is 0.598. The third-order valence-electron chi connectivity index (χ3n) is 3.63. The third kappa shape index (κ3) is 3.73. The van der Waals surface area contributed by atoms with E-state index >= 15 is 0 Å². The molecular formula is C17H15ClN2O3S2. The fourth-order valence-corrected chi connectivity index (χ4v) is 4.76. The van der Waals surface area contributed by atoms with Gasteiger partial charge in [-0.1, -0.05) is 48.5 Å². The molecule has 8 heteroatoms. The number of anilines is 1. The summed E-state index contributed by atoms with van der Waals surface area (Å²) in [6.07, 6.45) is 0.590. The summed E-state index contributed by atoms with van der Waals surface area (Å²) in [5.74, 6) is -0.163. The van der Waals surface area contributed by atoms with Gasteiger partial charge in [-0.15, -0.1) is 4.40 Å². The molecular weight excluding hydrogens is 380 g/mol. The lowest BCUT2D eigenvalue weighted by molar-refractivity contribution is -0.116. The first-order valence-corrected chi connectivity index (χ1v) is 10.3. The molecule has 25 heavy (non-hydrogen) atoms. The number of amidine groups is 1. The molecule has 1 amide bonds. The molecule has 0 spiro atoms. The number of rotatable bonds is 4. The van der Waals surface area contributed by atoms with Crippen LogP contribution in [0.1, 0.15) is 13.3 Å². The molecule has 0 N–H and O–H groups in total. The van der Waals surface area contributed by atoms with Gasteiger partial charge in [0.1, 0.15) is 0 Å². The normalized spacial score (nSPS) is 19.6. The maximum atomic E-state index is 12.6. The maximum absolute atomic E-state index is 12.6. The molecule has 1 fully saturated rings.